The molecule has 0 aliphatic carbocycles. The second kappa shape index (κ2) is 9.78. The number of aromatic nitrogens is 3. The van der Waals surface area contributed by atoms with E-state index in [-0.39, 0.29) is 5.91 Å². The first-order valence-electron chi connectivity index (χ1n) is 10.0. The van der Waals surface area contributed by atoms with Crippen molar-refractivity contribution in [2.45, 2.75) is 33.6 Å². The van der Waals surface area contributed by atoms with Gasteiger partial charge in [0.05, 0.1) is 6.42 Å². The molecule has 0 spiro atoms. The first-order valence-corrected chi connectivity index (χ1v) is 10.0. The van der Waals surface area contributed by atoms with E-state index in [2.05, 4.69) is 27.2 Å². The number of carbonyl (C=O) groups excluding carboxylic acids is 1. The number of amides is 1. The van der Waals surface area contributed by atoms with Gasteiger partial charge in [0.2, 0.25) is 5.91 Å². The minimum atomic E-state index is 0.154. The van der Waals surface area contributed by atoms with Gasteiger partial charge in [0.15, 0.2) is 5.82 Å². The van der Waals surface area contributed by atoms with Crippen LogP contribution in [0.2, 0.25) is 0 Å². The first-order chi connectivity index (χ1) is 14.1. The van der Waals surface area contributed by atoms with Gasteiger partial charge in [0.25, 0.3) is 0 Å². The summed E-state index contributed by atoms with van der Waals surface area (Å²) in [6.45, 7) is 7.55. The Kier molecular flexibility index (Phi) is 6.89. The zero-order valence-electron chi connectivity index (χ0n) is 17.2. The van der Waals surface area contributed by atoms with Crippen molar-refractivity contribution in [1.29, 1.82) is 0 Å². The van der Waals surface area contributed by atoms with E-state index in [0.29, 0.717) is 12.2 Å². The number of pyridine rings is 1. The highest BCUT2D eigenvalue weighted by atomic mass is 16.2. The smallest absolute Gasteiger partial charge is 0.226 e. The summed E-state index contributed by atoms with van der Waals surface area (Å²) in [5, 5.41) is 3.35. The average Bonchev–Trinajstić information content (AvgIpc) is 2.76. The third-order valence-electron chi connectivity index (χ3n) is 4.78. The number of benzene rings is 1. The average molecular weight is 390 g/mol. The van der Waals surface area contributed by atoms with Crippen molar-refractivity contribution < 1.29 is 4.79 Å². The number of carbonyl (C=O) groups is 1. The molecule has 0 saturated carbocycles. The van der Waals surface area contributed by atoms with E-state index >= 15 is 0 Å². The van der Waals surface area contributed by atoms with E-state index in [4.69, 9.17) is 0 Å². The van der Waals surface area contributed by atoms with Gasteiger partial charge in [-0.1, -0.05) is 19.1 Å². The van der Waals surface area contributed by atoms with Crippen LogP contribution in [0.25, 0.3) is 11.4 Å². The standard InChI is InChI=1S/C23H27N5O/c1-4-19-16-21(27-23(26-19)18-11-13-24-14-12-18)25-20-9-7-17(8-10-20)15-22(29)28(5-2)6-3/h7-14,16H,4-6,15H2,1-3H3,(H,25,26,27). The van der Waals surface area contributed by atoms with Crippen LogP contribution < -0.4 is 5.32 Å². The third kappa shape index (κ3) is 5.38. The molecule has 0 radical (unpaired) electrons. The van der Waals surface area contributed by atoms with Crippen LogP contribution in [0.4, 0.5) is 11.5 Å². The molecule has 0 aliphatic heterocycles. The van der Waals surface area contributed by atoms with Gasteiger partial charge < -0.3 is 10.2 Å². The van der Waals surface area contributed by atoms with Crippen molar-refractivity contribution in [3.05, 3.63) is 66.1 Å². The quantitative estimate of drug-likeness (QED) is 0.623. The molecule has 1 aromatic carbocycles. The molecule has 3 rings (SSSR count). The zero-order valence-corrected chi connectivity index (χ0v) is 17.2. The fraction of sp³-hybridized carbons (Fsp3) is 0.304. The van der Waals surface area contributed by atoms with Crippen molar-refractivity contribution in [3.8, 4) is 11.4 Å². The summed E-state index contributed by atoms with van der Waals surface area (Å²) in [5.41, 5.74) is 3.83. The lowest BCUT2D eigenvalue weighted by Crippen LogP contribution is -2.31. The second-order valence-electron chi connectivity index (χ2n) is 6.72. The largest absolute Gasteiger partial charge is 0.343 e. The lowest BCUT2D eigenvalue weighted by molar-refractivity contribution is -0.130. The molecular weight excluding hydrogens is 362 g/mol. The molecule has 6 heteroatoms. The van der Waals surface area contributed by atoms with Crippen LogP contribution in [0.3, 0.4) is 0 Å². The summed E-state index contributed by atoms with van der Waals surface area (Å²) in [4.78, 5) is 27.5. The minimum Gasteiger partial charge on any atom is -0.343 e. The highest BCUT2D eigenvalue weighted by molar-refractivity contribution is 5.79. The topological polar surface area (TPSA) is 71.0 Å². The van der Waals surface area contributed by atoms with E-state index in [1.54, 1.807) is 12.4 Å². The summed E-state index contributed by atoms with van der Waals surface area (Å²) in [5.74, 6) is 1.58. The zero-order chi connectivity index (χ0) is 20.6. The fourth-order valence-electron chi connectivity index (χ4n) is 3.09. The molecular formula is C23H27N5O. The maximum Gasteiger partial charge on any atom is 0.226 e. The Morgan fingerprint density at radius 1 is 0.966 bits per heavy atom. The molecule has 0 aliphatic rings. The summed E-state index contributed by atoms with van der Waals surface area (Å²) < 4.78 is 0. The van der Waals surface area contributed by atoms with Crippen LogP contribution in [-0.4, -0.2) is 38.8 Å². The molecule has 2 aromatic heterocycles. The van der Waals surface area contributed by atoms with Crippen molar-refractivity contribution in [2.75, 3.05) is 18.4 Å². The monoisotopic (exact) mass is 389 g/mol. The molecule has 1 N–H and O–H groups in total. The van der Waals surface area contributed by atoms with Crippen molar-refractivity contribution in [3.63, 3.8) is 0 Å². The van der Waals surface area contributed by atoms with Crippen molar-refractivity contribution >= 4 is 17.4 Å². The molecule has 1 amide bonds. The maximum absolute atomic E-state index is 12.3. The minimum absolute atomic E-state index is 0.154. The third-order valence-corrected chi connectivity index (χ3v) is 4.78. The van der Waals surface area contributed by atoms with E-state index < -0.39 is 0 Å². The normalized spacial score (nSPS) is 10.6. The number of nitrogens with one attached hydrogen (secondary N) is 1. The second-order valence-corrected chi connectivity index (χ2v) is 6.72. The van der Waals surface area contributed by atoms with Gasteiger partial charge in [0, 0.05) is 48.5 Å². The van der Waals surface area contributed by atoms with E-state index in [1.807, 2.05) is 61.2 Å². The number of rotatable bonds is 8. The molecule has 29 heavy (non-hydrogen) atoms. The first kappa shape index (κ1) is 20.5. The van der Waals surface area contributed by atoms with Crippen LogP contribution in [0, 0.1) is 0 Å². The molecule has 3 aromatic rings. The Hall–Kier alpha value is -3.28. The van der Waals surface area contributed by atoms with Crippen molar-refractivity contribution in [2.24, 2.45) is 0 Å². The van der Waals surface area contributed by atoms with Gasteiger partial charge in [-0.2, -0.15) is 0 Å². The van der Waals surface area contributed by atoms with Gasteiger partial charge in [0.1, 0.15) is 5.82 Å². The molecule has 0 fully saturated rings. The van der Waals surface area contributed by atoms with Crippen molar-refractivity contribution in [1.82, 2.24) is 19.9 Å². The van der Waals surface area contributed by atoms with Gasteiger partial charge in [-0.3, -0.25) is 9.78 Å². The molecule has 0 saturated heterocycles. The van der Waals surface area contributed by atoms with E-state index in [9.17, 15) is 4.79 Å². The maximum atomic E-state index is 12.3. The Morgan fingerprint density at radius 2 is 1.66 bits per heavy atom. The fourth-order valence-corrected chi connectivity index (χ4v) is 3.09. The molecule has 2 heterocycles. The van der Waals surface area contributed by atoms with Gasteiger partial charge in [-0.15, -0.1) is 0 Å². The number of hydrogen-bond donors (Lipinski definition) is 1. The Balaban J connectivity index is 1.75. The van der Waals surface area contributed by atoms with Gasteiger partial charge in [-0.05, 0) is 50.1 Å². The summed E-state index contributed by atoms with van der Waals surface area (Å²) in [6.07, 6.45) is 4.72. The Labute approximate surface area is 172 Å². The van der Waals surface area contributed by atoms with Crippen LogP contribution in [-0.2, 0) is 17.6 Å². The van der Waals surface area contributed by atoms with Crippen LogP contribution in [0.5, 0.6) is 0 Å². The Morgan fingerprint density at radius 3 is 2.28 bits per heavy atom. The molecule has 0 bridgehead atoms. The summed E-state index contributed by atoms with van der Waals surface area (Å²) in [7, 11) is 0. The number of hydrogen-bond acceptors (Lipinski definition) is 5. The number of likely N-dealkylation sites (N-methyl/N-ethyl adjacent to an activating group) is 1. The predicted octanol–water partition coefficient (Wildman–Crippen LogP) is 4.26. The molecule has 0 atom stereocenters. The lowest BCUT2D eigenvalue weighted by atomic mass is 10.1. The van der Waals surface area contributed by atoms with Gasteiger partial charge >= 0.3 is 0 Å². The van der Waals surface area contributed by atoms with E-state index in [0.717, 1.165) is 47.8 Å². The lowest BCUT2D eigenvalue weighted by Gasteiger charge is -2.18. The summed E-state index contributed by atoms with van der Waals surface area (Å²) >= 11 is 0. The molecule has 0 unspecified atom stereocenters. The van der Waals surface area contributed by atoms with Crippen LogP contribution >= 0.6 is 0 Å². The highest BCUT2D eigenvalue weighted by Gasteiger charge is 2.11. The molecule has 6 nitrogen and oxygen atoms in total. The highest BCUT2D eigenvalue weighted by Crippen LogP contribution is 2.21. The number of nitrogens with zero attached hydrogens (tertiary/aromatic N) is 4. The van der Waals surface area contributed by atoms with Gasteiger partial charge in [-0.25, -0.2) is 9.97 Å². The number of anilines is 2. The SMILES string of the molecule is CCc1cc(Nc2ccc(CC(=O)N(CC)CC)cc2)nc(-c2ccncc2)n1. The number of aryl methyl sites for hydroxylation is 1. The summed E-state index contributed by atoms with van der Waals surface area (Å²) in [6, 6.07) is 13.7. The van der Waals surface area contributed by atoms with Crippen LogP contribution in [0.1, 0.15) is 32.0 Å². The van der Waals surface area contributed by atoms with Crippen LogP contribution in [0.15, 0.2) is 54.9 Å². The molecule has 150 valence electrons. The Bertz CT molecular complexity index is 937. The van der Waals surface area contributed by atoms with E-state index in [1.165, 1.54) is 0 Å². The predicted molar refractivity (Wildman–Crippen MR) is 116 cm³/mol.